The van der Waals surface area contributed by atoms with Crippen LogP contribution in [0.4, 0.5) is 0 Å². The summed E-state index contributed by atoms with van der Waals surface area (Å²) in [6.45, 7) is 12.6. The number of rotatable bonds is 6. The van der Waals surface area contributed by atoms with E-state index in [0.29, 0.717) is 22.0 Å². The van der Waals surface area contributed by atoms with E-state index >= 15 is 0 Å². The van der Waals surface area contributed by atoms with Crippen LogP contribution < -0.4 is 0 Å². The number of carbonyl (C=O) groups is 1. The molecule has 224 valence electrons. The first-order chi connectivity index (χ1) is 18.9. The monoisotopic (exact) mass is 574 g/mol. The largest absolute Gasteiger partial charge is 0.393 e. The minimum Gasteiger partial charge on any atom is -0.393 e. The summed E-state index contributed by atoms with van der Waals surface area (Å²) in [7, 11) is 0. The minimum absolute atomic E-state index is 0.0434. The van der Waals surface area contributed by atoms with Crippen LogP contribution in [0.25, 0.3) is 0 Å². The van der Waals surface area contributed by atoms with E-state index in [1.165, 1.54) is 69.9 Å². The molecule has 4 aliphatic carbocycles. The summed E-state index contributed by atoms with van der Waals surface area (Å²) < 4.78 is 6.51. The Morgan fingerprint density at radius 2 is 1.88 bits per heavy atom. The highest BCUT2D eigenvalue weighted by atomic mass is 35.5. The van der Waals surface area contributed by atoms with Crippen molar-refractivity contribution in [1.82, 2.24) is 0 Å². The molecule has 1 spiro atoms. The Balaban J connectivity index is 0.000000248. The Morgan fingerprint density at radius 1 is 1.10 bits per heavy atom. The number of ether oxygens (including phenoxy) is 1. The molecular weight excluding hydrogens is 524 g/mol. The van der Waals surface area contributed by atoms with Crippen LogP contribution in [0, 0.1) is 46.3 Å². The molecule has 5 fully saturated rings. The van der Waals surface area contributed by atoms with Crippen molar-refractivity contribution < 1.29 is 24.8 Å². The summed E-state index contributed by atoms with van der Waals surface area (Å²) in [5.41, 5.74) is 1.15. The SMILES string of the molecule is CC(C)CCCC(C)[C@H]1CC[C@H]2[C@@H]3CC4OC45C[C@@H](O)CC[C@]5(C)[C@H]3CC[C@]12C.O=C(OO)c1cccc(Cl)c1. The topological polar surface area (TPSA) is 79.3 Å². The molecule has 1 aliphatic heterocycles. The van der Waals surface area contributed by atoms with Gasteiger partial charge in [0.25, 0.3) is 0 Å². The van der Waals surface area contributed by atoms with Crippen molar-refractivity contribution in [3.05, 3.63) is 34.9 Å². The predicted molar refractivity (Wildman–Crippen MR) is 158 cm³/mol. The molecule has 3 unspecified atom stereocenters. The normalized spacial score (nSPS) is 41.9. The fourth-order valence-electron chi connectivity index (χ4n) is 10.3. The van der Waals surface area contributed by atoms with E-state index < -0.39 is 5.97 Å². The molecule has 1 saturated heterocycles. The van der Waals surface area contributed by atoms with E-state index in [1.54, 1.807) is 12.1 Å². The van der Waals surface area contributed by atoms with Crippen LogP contribution in [0.3, 0.4) is 0 Å². The van der Waals surface area contributed by atoms with Crippen molar-refractivity contribution in [1.29, 1.82) is 0 Å². The average Bonchev–Trinajstić information content (AvgIpc) is 3.49. The number of hydrogen-bond donors (Lipinski definition) is 2. The van der Waals surface area contributed by atoms with Crippen molar-refractivity contribution in [3.8, 4) is 0 Å². The van der Waals surface area contributed by atoms with E-state index in [1.807, 2.05) is 0 Å². The van der Waals surface area contributed by atoms with Gasteiger partial charge in [-0.05, 0) is 104 Å². The maximum Gasteiger partial charge on any atom is 0.372 e. The van der Waals surface area contributed by atoms with Crippen LogP contribution in [0.2, 0.25) is 5.02 Å². The molecule has 4 saturated carbocycles. The molecule has 1 heterocycles. The molecule has 10 atom stereocenters. The molecule has 1 aromatic rings. The molecule has 0 bridgehead atoms. The Kier molecular flexibility index (Phi) is 8.72. The van der Waals surface area contributed by atoms with Gasteiger partial charge in [-0.2, -0.15) is 5.26 Å². The zero-order valence-electron chi connectivity index (χ0n) is 25.2. The number of hydrogen-bond acceptors (Lipinski definition) is 5. The van der Waals surface area contributed by atoms with Gasteiger partial charge in [0.1, 0.15) is 5.60 Å². The van der Waals surface area contributed by atoms with Crippen molar-refractivity contribution in [2.45, 2.75) is 123 Å². The number of halogens is 1. The number of aliphatic hydroxyl groups excluding tert-OH is 1. The van der Waals surface area contributed by atoms with Crippen LogP contribution >= 0.6 is 11.6 Å². The van der Waals surface area contributed by atoms with Crippen molar-refractivity contribution in [2.24, 2.45) is 46.3 Å². The molecule has 6 heteroatoms. The van der Waals surface area contributed by atoms with E-state index in [2.05, 4.69) is 39.5 Å². The van der Waals surface area contributed by atoms with E-state index in [-0.39, 0.29) is 17.3 Å². The van der Waals surface area contributed by atoms with Gasteiger partial charge in [-0.3, -0.25) is 4.89 Å². The Bertz CT molecular complexity index is 1060. The van der Waals surface area contributed by atoms with Gasteiger partial charge >= 0.3 is 5.97 Å². The third kappa shape index (κ3) is 5.27. The van der Waals surface area contributed by atoms with Crippen molar-refractivity contribution in [3.63, 3.8) is 0 Å². The summed E-state index contributed by atoms with van der Waals surface area (Å²) in [4.78, 5) is 14.1. The fourth-order valence-corrected chi connectivity index (χ4v) is 10.5. The van der Waals surface area contributed by atoms with Crippen molar-refractivity contribution >= 4 is 17.6 Å². The van der Waals surface area contributed by atoms with Gasteiger partial charge in [-0.25, -0.2) is 4.79 Å². The molecule has 2 N–H and O–H groups in total. The number of fused-ring (bicyclic) bond motifs is 4. The summed E-state index contributed by atoms with van der Waals surface area (Å²) in [6.07, 6.45) is 14.8. The summed E-state index contributed by atoms with van der Waals surface area (Å²) in [5, 5.41) is 18.8. The van der Waals surface area contributed by atoms with Crippen LogP contribution in [-0.4, -0.2) is 34.1 Å². The van der Waals surface area contributed by atoms with Crippen LogP contribution in [-0.2, 0) is 9.62 Å². The number of carbonyl (C=O) groups excluding carboxylic acids is 1. The molecule has 0 aromatic heterocycles. The van der Waals surface area contributed by atoms with Crippen LogP contribution in [0.5, 0.6) is 0 Å². The number of epoxide rings is 1. The molecule has 0 amide bonds. The molecule has 5 aliphatic rings. The second-order valence-corrected chi connectivity index (χ2v) is 15.3. The van der Waals surface area contributed by atoms with E-state index in [9.17, 15) is 9.90 Å². The molecule has 40 heavy (non-hydrogen) atoms. The molecular formula is C34H51ClO5. The van der Waals surface area contributed by atoms with Gasteiger partial charge < -0.3 is 9.84 Å². The lowest BCUT2D eigenvalue weighted by Gasteiger charge is -2.59. The lowest BCUT2D eigenvalue weighted by atomic mass is 9.44. The molecule has 6 rings (SSSR count). The summed E-state index contributed by atoms with van der Waals surface area (Å²) in [5.74, 6) is 4.50. The maximum atomic E-state index is 10.6. The Hall–Kier alpha value is -1.14. The first kappa shape index (κ1) is 30.3. The third-order valence-corrected chi connectivity index (χ3v) is 12.6. The minimum atomic E-state index is -0.813. The first-order valence-electron chi connectivity index (χ1n) is 15.9. The lowest BCUT2D eigenvalue weighted by Crippen LogP contribution is -2.58. The van der Waals surface area contributed by atoms with Gasteiger partial charge in [-0.1, -0.05) is 71.5 Å². The summed E-state index contributed by atoms with van der Waals surface area (Å²) >= 11 is 5.56. The van der Waals surface area contributed by atoms with E-state index in [4.69, 9.17) is 21.6 Å². The van der Waals surface area contributed by atoms with Gasteiger partial charge in [-0.15, -0.1) is 0 Å². The number of benzene rings is 1. The third-order valence-electron chi connectivity index (χ3n) is 12.4. The zero-order chi connectivity index (χ0) is 28.9. The maximum absolute atomic E-state index is 10.6. The lowest BCUT2D eigenvalue weighted by molar-refractivity contribution is -0.182. The quantitative estimate of drug-likeness (QED) is 0.202. The van der Waals surface area contributed by atoms with Gasteiger partial charge in [0.05, 0.1) is 17.8 Å². The molecule has 5 nitrogen and oxygen atoms in total. The van der Waals surface area contributed by atoms with Gasteiger partial charge in [0.2, 0.25) is 0 Å². The molecule has 1 aromatic carbocycles. The highest BCUT2D eigenvalue weighted by Crippen LogP contribution is 2.74. The highest BCUT2D eigenvalue weighted by Gasteiger charge is 2.76. The first-order valence-corrected chi connectivity index (χ1v) is 16.3. The average molecular weight is 575 g/mol. The smallest absolute Gasteiger partial charge is 0.372 e. The predicted octanol–water partition coefficient (Wildman–Crippen LogP) is 8.57. The van der Waals surface area contributed by atoms with Crippen LogP contribution in [0.1, 0.15) is 116 Å². The Labute approximate surface area is 246 Å². The fraction of sp³-hybridized carbons (Fsp3) is 0.794. The standard InChI is InChI=1S/C27H46O2.C7H5ClO3/c1-17(2)7-6-8-18(3)21-9-10-22-20-15-24-27(29-24)16-19(28)11-14-26(27,5)23(20)12-13-25(21,22)4;8-6-3-1-2-5(4-6)7(9)11-10/h17-24,28H,6-16H2,1-5H3;1-4,10H/t18?,19-,20-,21+,22-,23-,24?,25+,26+,27?;/m0./s1. The molecule has 0 radical (unpaired) electrons. The highest BCUT2D eigenvalue weighted by molar-refractivity contribution is 6.30. The van der Waals surface area contributed by atoms with Gasteiger partial charge in [0, 0.05) is 16.9 Å². The zero-order valence-corrected chi connectivity index (χ0v) is 26.0. The van der Waals surface area contributed by atoms with Crippen LogP contribution in [0.15, 0.2) is 24.3 Å². The van der Waals surface area contributed by atoms with E-state index in [0.717, 1.165) is 48.3 Å². The summed E-state index contributed by atoms with van der Waals surface area (Å²) in [6, 6.07) is 6.11. The Morgan fingerprint density at radius 3 is 2.58 bits per heavy atom. The number of aliphatic hydroxyl groups is 1. The van der Waals surface area contributed by atoms with Crippen molar-refractivity contribution in [2.75, 3.05) is 0 Å². The second kappa shape index (κ2) is 11.5. The van der Waals surface area contributed by atoms with Gasteiger partial charge in [0.15, 0.2) is 0 Å². The second-order valence-electron chi connectivity index (χ2n) is 14.8.